The number of pyridine rings is 1. The number of halogens is 2. The first-order chi connectivity index (χ1) is 16.0. The maximum absolute atomic E-state index is 12.1. The number of nitriles is 1. The summed E-state index contributed by atoms with van der Waals surface area (Å²) in [6.07, 6.45) is 4.08. The molecule has 0 bridgehead atoms. The predicted octanol–water partition coefficient (Wildman–Crippen LogP) is 6.32. The molecule has 1 aliphatic carbocycles. The van der Waals surface area contributed by atoms with Crippen LogP contribution in [0.4, 0.5) is 0 Å². The van der Waals surface area contributed by atoms with Crippen LogP contribution >= 0.6 is 23.2 Å². The van der Waals surface area contributed by atoms with E-state index in [1.54, 1.807) is 54.9 Å². The number of aromatic nitrogens is 1. The van der Waals surface area contributed by atoms with Crippen LogP contribution in [0.3, 0.4) is 0 Å². The van der Waals surface area contributed by atoms with E-state index in [4.69, 9.17) is 33.2 Å². The van der Waals surface area contributed by atoms with E-state index in [1.807, 2.05) is 12.1 Å². The second kappa shape index (κ2) is 10.0. The molecule has 33 heavy (non-hydrogen) atoms. The summed E-state index contributed by atoms with van der Waals surface area (Å²) in [4.78, 5) is 16.1. The van der Waals surface area contributed by atoms with Crippen molar-refractivity contribution < 1.29 is 9.66 Å². The van der Waals surface area contributed by atoms with Gasteiger partial charge in [0.2, 0.25) is 6.04 Å². The summed E-state index contributed by atoms with van der Waals surface area (Å²) in [7, 11) is 0. The smallest absolute Gasteiger partial charge is 0.224 e. The molecule has 1 heterocycles. The van der Waals surface area contributed by atoms with E-state index < -0.39 is 12.0 Å². The minimum Gasteiger partial charge on any atom is -0.489 e. The van der Waals surface area contributed by atoms with Crippen molar-refractivity contribution >= 4 is 28.8 Å². The predicted molar refractivity (Wildman–Crippen MR) is 127 cm³/mol. The summed E-state index contributed by atoms with van der Waals surface area (Å²) in [6, 6.07) is 16.9. The van der Waals surface area contributed by atoms with Gasteiger partial charge in [-0.05, 0) is 71.2 Å². The summed E-state index contributed by atoms with van der Waals surface area (Å²) in [6.45, 7) is 0.196. The van der Waals surface area contributed by atoms with E-state index in [-0.39, 0.29) is 18.0 Å². The maximum Gasteiger partial charge on any atom is 0.224 e. The average Bonchev–Trinajstić information content (AvgIpc) is 2.83. The van der Waals surface area contributed by atoms with Crippen LogP contribution < -0.4 is 4.74 Å². The fourth-order valence-electron chi connectivity index (χ4n) is 4.16. The van der Waals surface area contributed by atoms with Gasteiger partial charge in [-0.25, -0.2) is 0 Å². The van der Waals surface area contributed by atoms with Crippen molar-refractivity contribution in [3.05, 3.63) is 109 Å². The molecule has 0 saturated carbocycles. The van der Waals surface area contributed by atoms with Gasteiger partial charge in [0, 0.05) is 33.8 Å². The number of benzene rings is 2. The lowest BCUT2D eigenvalue weighted by Gasteiger charge is -2.31. The number of hydrogen-bond acceptors (Lipinski definition) is 5. The Morgan fingerprint density at radius 3 is 2.58 bits per heavy atom. The third-order valence-corrected chi connectivity index (χ3v) is 6.37. The minimum absolute atomic E-state index is 0.196. The van der Waals surface area contributed by atoms with Crippen LogP contribution in [-0.2, 0) is 0 Å². The molecule has 8 heteroatoms. The number of allylic oxidation sites excluding steroid dienone is 1. The van der Waals surface area contributed by atoms with Crippen molar-refractivity contribution in [1.82, 2.24) is 4.98 Å². The summed E-state index contributed by atoms with van der Waals surface area (Å²) in [5, 5.41) is 22.0. The van der Waals surface area contributed by atoms with Gasteiger partial charge in [0.25, 0.3) is 0 Å². The third kappa shape index (κ3) is 5.16. The monoisotopic (exact) mass is 479 g/mol. The molecule has 6 nitrogen and oxygen atoms in total. The average molecular weight is 480 g/mol. The number of hydrogen-bond donors (Lipinski definition) is 0. The summed E-state index contributed by atoms with van der Waals surface area (Å²) < 4.78 is 5.95. The highest BCUT2D eigenvalue weighted by Gasteiger charge is 2.40. The molecule has 0 aliphatic heterocycles. The Hall–Kier alpha value is -3.40. The summed E-state index contributed by atoms with van der Waals surface area (Å²) in [5.41, 5.74) is 3.94. The van der Waals surface area contributed by atoms with Crippen molar-refractivity contribution in [2.45, 2.75) is 24.8 Å². The Morgan fingerprint density at radius 2 is 1.94 bits per heavy atom. The molecule has 0 saturated heterocycles. The van der Waals surface area contributed by atoms with Gasteiger partial charge in [0.1, 0.15) is 12.4 Å². The van der Waals surface area contributed by atoms with E-state index in [9.17, 15) is 10.1 Å². The normalized spacial score (nSPS) is 18.0. The number of ether oxygens (including phenoxy) is 1. The molecule has 0 radical (unpaired) electrons. The van der Waals surface area contributed by atoms with E-state index in [1.165, 1.54) is 0 Å². The first-order valence-corrected chi connectivity index (χ1v) is 11.0. The number of nitro groups is 1. The van der Waals surface area contributed by atoms with Crippen molar-refractivity contribution in [2.75, 3.05) is 6.61 Å². The molecule has 2 aromatic carbocycles. The zero-order chi connectivity index (χ0) is 23.4. The summed E-state index contributed by atoms with van der Waals surface area (Å²) in [5.74, 6) is 0.172. The topological polar surface area (TPSA) is 89.0 Å². The first-order valence-electron chi connectivity index (χ1n) is 10.3. The first kappa shape index (κ1) is 22.8. The van der Waals surface area contributed by atoms with Crippen molar-refractivity contribution in [1.29, 1.82) is 5.26 Å². The second-order valence-corrected chi connectivity index (χ2v) is 8.63. The van der Waals surface area contributed by atoms with Gasteiger partial charge >= 0.3 is 0 Å². The van der Waals surface area contributed by atoms with Crippen molar-refractivity contribution in [2.24, 2.45) is 0 Å². The minimum atomic E-state index is -0.858. The lowest BCUT2D eigenvalue weighted by atomic mass is 9.75. The molecule has 1 aliphatic rings. The molecule has 0 N–H and O–H groups in total. The fraction of sp³-hybridized carbons (Fsp3) is 0.200. The Balaban J connectivity index is 1.71. The van der Waals surface area contributed by atoms with Crippen LogP contribution in [0.15, 0.2) is 72.6 Å². The van der Waals surface area contributed by atoms with E-state index in [0.29, 0.717) is 33.3 Å². The molecular formula is C25H19Cl2N3O3. The Bertz CT molecular complexity index is 1240. The van der Waals surface area contributed by atoms with Gasteiger partial charge in [0.05, 0.1) is 17.6 Å². The highest BCUT2D eigenvalue weighted by Crippen LogP contribution is 2.44. The van der Waals surface area contributed by atoms with Crippen LogP contribution in [0.5, 0.6) is 5.75 Å². The van der Waals surface area contributed by atoms with Gasteiger partial charge in [-0.2, -0.15) is 5.26 Å². The lowest BCUT2D eigenvalue weighted by Crippen LogP contribution is -2.33. The zero-order valence-corrected chi connectivity index (χ0v) is 19.0. The zero-order valence-electron chi connectivity index (χ0n) is 17.4. The van der Waals surface area contributed by atoms with Gasteiger partial charge in [0.15, 0.2) is 0 Å². The highest BCUT2D eigenvalue weighted by atomic mass is 35.5. The van der Waals surface area contributed by atoms with Gasteiger partial charge in [-0.15, -0.1) is 0 Å². The Kier molecular flexibility index (Phi) is 6.93. The van der Waals surface area contributed by atoms with E-state index >= 15 is 0 Å². The largest absolute Gasteiger partial charge is 0.489 e. The van der Waals surface area contributed by atoms with Gasteiger partial charge < -0.3 is 4.74 Å². The Labute approximate surface area is 201 Å². The van der Waals surface area contributed by atoms with Crippen LogP contribution in [-0.4, -0.2) is 22.6 Å². The summed E-state index contributed by atoms with van der Waals surface area (Å²) >= 11 is 12.5. The fourth-order valence-corrected chi connectivity index (χ4v) is 4.71. The molecule has 0 unspecified atom stereocenters. The highest BCUT2D eigenvalue weighted by molar-refractivity contribution is 6.35. The van der Waals surface area contributed by atoms with Gasteiger partial charge in [-0.3, -0.25) is 15.1 Å². The SMILES string of the molecule is N#Cc1ccc(OCC2=C(c3cccnc3)C[C@H](c3ccc(Cl)cc3Cl)[C@@H]([N+](=O)[O-])C2)cc1. The van der Waals surface area contributed by atoms with Crippen LogP contribution in [0.2, 0.25) is 10.0 Å². The Morgan fingerprint density at radius 1 is 1.15 bits per heavy atom. The molecule has 0 fully saturated rings. The second-order valence-electron chi connectivity index (χ2n) is 7.78. The van der Waals surface area contributed by atoms with Crippen LogP contribution in [0, 0.1) is 21.4 Å². The van der Waals surface area contributed by atoms with E-state index in [2.05, 4.69) is 11.1 Å². The molecule has 166 valence electrons. The molecule has 4 rings (SSSR count). The quantitative estimate of drug-likeness (QED) is 0.305. The molecule has 0 spiro atoms. The van der Waals surface area contributed by atoms with Crippen LogP contribution in [0.1, 0.15) is 35.4 Å². The maximum atomic E-state index is 12.1. The molecular weight excluding hydrogens is 461 g/mol. The lowest BCUT2D eigenvalue weighted by molar-refractivity contribution is -0.526. The number of rotatable bonds is 6. The number of nitrogens with zero attached hydrogens (tertiary/aromatic N) is 3. The standard InChI is InChI=1S/C25H19Cl2N3O3/c26-19-5-8-21(24(27)11-19)23-12-22(17-2-1-9-29-14-17)18(10-25(23)30(31)32)15-33-20-6-3-16(13-28)4-7-20/h1-9,11,14,23,25H,10,12,15H2/t23-,25+/m1/s1. The van der Waals surface area contributed by atoms with Crippen molar-refractivity contribution in [3.8, 4) is 11.8 Å². The van der Waals surface area contributed by atoms with E-state index in [0.717, 1.165) is 16.7 Å². The molecule has 3 aromatic rings. The molecule has 1 aromatic heterocycles. The van der Waals surface area contributed by atoms with Crippen LogP contribution in [0.25, 0.3) is 5.57 Å². The molecule has 0 amide bonds. The van der Waals surface area contributed by atoms with Gasteiger partial charge in [-0.1, -0.05) is 35.3 Å². The molecule has 2 atom stereocenters. The third-order valence-electron chi connectivity index (χ3n) is 5.81. The van der Waals surface area contributed by atoms with Crippen molar-refractivity contribution in [3.63, 3.8) is 0 Å².